The summed E-state index contributed by atoms with van der Waals surface area (Å²) in [4.78, 5) is 0.106. The Morgan fingerprint density at radius 3 is 2.50 bits per heavy atom. The molecule has 150 valence electrons. The molecule has 1 aromatic heterocycles. The zero-order chi connectivity index (χ0) is 20.3. The normalized spacial score (nSPS) is 11.7. The lowest BCUT2D eigenvalue weighted by molar-refractivity contribution is 0.0492. The molecule has 0 aliphatic carbocycles. The lowest BCUT2D eigenvalue weighted by Gasteiger charge is -2.11. The molecule has 0 radical (unpaired) electrons. The number of hydrogen-bond donors (Lipinski definition) is 1. The Labute approximate surface area is 163 Å². The first-order chi connectivity index (χ1) is 13.4. The van der Waals surface area contributed by atoms with Crippen molar-refractivity contribution in [3.05, 3.63) is 42.0 Å². The number of ether oxygens (including phenoxy) is 3. The number of sulfone groups is 1. The van der Waals surface area contributed by atoms with E-state index in [4.69, 9.17) is 18.6 Å². The number of aliphatic hydroxyl groups excluding tert-OH is 1. The highest BCUT2D eigenvalue weighted by atomic mass is 32.2. The smallest absolute Gasteiger partial charge is 0.188 e. The molecule has 3 rings (SSSR count). The predicted molar refractivity (Wildman–Crippen MR) is 105 cm³/mol. The number of aliphatic hydroxyl groups is 1. The van der Waals surface area contributed by atoms with Gasteiger partial charge < -0.3 is 23.7 Å². The molecule has 0 fully saturated rings. The van der Waals surface area contributed by atoms with E-state index >= 15 is 0 Å². The lowest BCUT2D eigenvalue weighted by atomic mass is 10.1. The van der Waals surface area contributed by atoms with Gasteiger partial charge in [-0.2, -0.15) is 0 Å². The second kappa shape index (κ2) is 8.22. The van der Waals surface area contributed by atoms with Gasteiger partial charge in [0.05, 0.1) is 7.11 Å². The van der Waals surface area contributed by atoms with E-state index in [1.807, 2.05) is 0 Å². The van der Waals surface area contributed by atoms with Crippen molar-refractivity contribution in [2.75, 3.05) is 33.9 Å². The molecule has 1 N–H and O–H groups in total. The van der Waals surface area contributed by atoms with Crippen LogP contribution in [0.3, 0.4) is 0 Å². The molecule has 0 atom stereocenters. The van der Waals surface area contributed by atoms with Crippen LogP contribution in [0.15, 0.2) is 45.7 Å². The molecule has 0 saturated heterocycles. The van der Waals surface area contributed by atoms with E-state index < -0.39 is 9.84 Å². The van der Waals surface area contributed by atoms with Gasteiger partial charge in [-0.3, -0.25) is 0 Å². The second-order valence-corrected chi connectivity index (χ2v) is 8.21. The Morgan fingerprint density at radius 2 is 1.86 bits per heavy atom. The zero-order valence-electron chi connectivity index (χ0n) is 15.9. The van der Waals surface area contributed by atoms with Gasteiger partial charge in [0.25, 0.3) is 0 Å². The summed E-state index contributed by atoms with van der Waals surface area (Å²) in [6.45, 7) is 0.0348. The van der Waals surface area contributed by atoms with Crippen molar-refractivity contribution in [2.45, 2.75) is 11.3 Å². The third kappa shape index (κ3) is 3.99. The van der Waals surface area contributed by atoms with E-state index in [-0.39, 0.29) is 24.1 Å². The Kier molecular flexibility index (Phi) is 5.93. The highest BCUT2D eigenvalue weighted by Gasteiger charge is 2.25. The lowest BCUT2D eigenvalue weighted by Crippen LogP contribution is -2.01. The molecule has 1 heterocycles. The third-order valence-corrected chi connectivity index (χ3v) is 5.38. The number of benzene rings is 2. The molecule has 0 spiro atoms. The van der Waals surface area contributed by atoms with Crippen LogP contribution in [0.2, 0.25) is 0 Å². The van der Waals surface area contributed by atoms with Gasteiger partial charge in [0, 0.05) is 30.9 Å². The molecule has 0 saturated carbocycles. The summed E-state index contributed by atoms with van der Waals surface area (Å²) >= 11 is 0. The minimum absolute atomic E-state index is 0.0233. The molecular formula is C20H22O7S. The molecule has 2 aromatic carbocycles. The van der Waals surface area contributed by atoms with Crippen LogP contribution >= 0.6 is 0 Å². The first-order valence-corrected chi connectivity index (χ1v) is 10.4. The number of methoxy groups -OCH3 is 2. The largest absolute Gasteiger partial charge is 0.493 e. The van der Waals surface area contributed by atoms with Gasteiger partial charge >= 0.3 is 0 Å². The van der Waals surface area contributed by atoms with Crippen LogP contribution in [0.5, 0.6) is 11.5 Å². The molecule has 0 aliphatic heterocycles. The summed E-state index contributed by atoms with van der Waals surface area (Å²) in [6.07, 6.45) is 1.58. The number of hydrogen-bond acceptors (Lipinski definition) is 7. The van der Waals surface area contributed by atoms with Crippen LogP contribution in [-0.2, 0) is 21.0 Å². The van der Waals surface area contributed by atoms with E-state index in [0.29, 0.717) is 34.5 Å². The van der Waals surface area contributed by atoms with Gasteiger partial charge in [0.2, 0.25) is 0 Å². The van der Waals surface area contributed by atoms with Crippen molar-refractivity contribution < 1.29 is 32.2 Å². The molecular weight excluding hydrogens is 384 g/mol. The van der Waals surface area contributed by atoms with Gasteiger partial charge in [-0.1, -0.05) is 6.07 Å². The zero-order valence-corrected chi connectivity index (χ0v) is 16.7. The Morgan fingerprint density at radius 1 is 1.07 bits per heavy atom. The average Bonchev–Trinajstić information content (AvgIpc) is 3.05. The van der Waals surface area contributed by atoms with E-state index in [0.717, 1.165) is 11.8 Å². The summed E-state index contributed by atoms with van der Waals surface area (Å²) in [5.41, 5.74) is 1.82. The minimum Gasteiger partial charge on any atom is -0.493 e. The average molecular weight is 406 g/mol. The van der Waals surface area contributed by atoms with Crippen molar-refractivity contribution in [2.24, 2.45) is 0 Å². The quantitative estimate of drug-likeness (QED) is 0.575. The number of fused-ring (bicyclic) bond motifs is 1. The van der Waals surface area contributed by atoms with Gasteiger partial charge in [-0.15, -0.1) is 0 Å². The highest BCUT2D eigenvalue weighted by Crippen LogP contribution is 2.40. The molecule has 8 heteroatoms. The number of furan rings is 1. The summed E-state index contributed by atoms with van der Waals surface area (Å²) < 4.78 is 46.7. The van der Waals surface area contributed by atoms with Crippen LogP contribution < -0.4 is 9.47 Å². The van der Waals surface area contributed by atoms with Crippen LogP contribution in [-0.4, -0.2) is 47.4 Å². The minimum atomic E-state index is -3.59. The van der Waals surface area contributed by atoms with Crippen molar-refractivity contribution in [3.8, 4) is 22.8 Å². The second-order valence-electron chi connectivity index (χ2n) is 6.25. The number of rotatable bonds is 8. The summed E-state index contributed by atoms with van der Waals surface area (Å²) in [6, 6.07) is 10.3. The van der Waals surface area contributed by atoms with Crippen LogP contribution in [0.4, 0.5) is 0 Å². The molecule has 7 nitrogen and oxygen atoms in total. The highest BCUT2D eigenvalue weighted by molar-refractivity contribution is 7.91. The van der Waals surface area contributed by atoms with E-state index in [9.17, 15) is 13.5 Å². The first kappa shape index (κ1) is 20.2. The maximum atomic E-state index is 12.6. The van der Waals surface area contributed by atoms with E-state index in [1.54, 1.807) is 36.4 Å². The van der Waals surface area contributed by atoms with Crippen molar-refractivity contribution >= 4 is 20.8 Å². The topological polar surface area (TPSA) is 95.2 Å². The van der Waals surface area contributed by atoms with E-state index in [1.165, 1.54) is 14.2 Å². The van der Waals surface area contributed by atoms with Crippen LogP contribution in [0, 0.1) is 0 Å². The SMILES string of the molecule is COCOc1ccc(-c2oc3ccc(CCO)cc3c2S(C)(=O)=O)cc1OC. The summed E-state index contributed by atoms with van der Waals surface area (Å²) in [7, 11) is -0.580. The standard InChI is InChI=1S/C20H22O7S/c1-24-12-26-17-7-5-14(11-18(17)25-2)19-20(28(3,22)23)15-10-13(8-9-21)4-6-16(15)27-19/h4-7,10-11,21H,8-9,12H2,1-3H3. The predicted octanol–water partition coefficient (Wildman–Crippen LogP) is 3.03. The molecule has 3 aromatic rings. The Bertz CT molecular complexity index is 1080. The fourth-order valence-electron chi connectivity index (χ4n) is 3.02. The van der Waals surface area contributed by atoms with Crippen LogP contribution in [0.25, 0.3) is 22.3 Å². The maximum absolute atomic E-state index is 12.6. The summed E-state index contributed by atoms with van der Waals surface area (Å²) in [5, 5.41) is 9.66. The third-order valence-electron chi connectivity index (χ3n) is 4.24. The molecule has 0 aliphatic rings. The van der Waals surface area contributed by atoms with Crippen molar-refractivity contribution in [1.82, 2.24) is 0 Å². The van der Waals surface area contributed by atoms with Crippen molar-refractivity contribution in [1.29, 1.82) is 0 Å². The Balaban J connectivity index is 2.19. The van der Waals surface area contributed by atoms with Gasteiger partial charge in [0.15, 0.2) is 33.9 Å². The van der Waals surface area contributed by atoms with Gasteiger partial charge in [-0.25, -0.2) is 8.42 Å². The first-order valence-electron chi connectivity index (χ1n) is 8.55. The molecule has 28 heavy (non-hydrogen) atoms. The molecule has 0 bridgehead atoms. The Hall–Kier alpha value is -2.55. The van der Waals surface area contributed by atoms with Gasteiger partial charge in [0.1, 0.15) is 10.5 Å². The maximum Gasteiger partial charge on any atom is 0.188 e. The fourth-order valence-corrected chi connectivity index (χ4v) is 4.07. The van der Waals surface area contributed by atoms with Crippen LogP contribution in [0.1, 0.15) is 5.56 Å². The monoisotopic (exact) mass is 406 g/mol. The summed E-state index contributed by atoms with van der Waals surface area (Å²) in [5.74, 6) is 1.13. The molecule has 0 amide bonds. The van der Waals surface area contributed by atoms with Gasteiger partial charge in [-0.05, 0) is 42.3 Å². The molecule has 0 unspecified atom stereocenters. The fraction of sp³-hybridized carbons (Fsp3) is 0.300. The van der Waals surface area contributed by atoms with E-state index in [2.05, 4.69) is 0 Å². The van der Waals surface area contributed by atoms with Crippen molar-refractivity contribution in [3.63, 3.8) is 0 Å².